The van der Waals surface area contributed by atoms with Crippen LogP contribution in [0, 0.1) is 5.92 Å². The van der Waals surface area contributed by atoms with Crippen LogP contribution in [0.4, 0.5) is 16.2 Å². The van der Waals surface area contributed by atoms with Crippen LogP contribution in [0.3, 0.4) is 0 Å². The lowest BCUT2D eigenvalue weighted by Gasteiger charge is -2.32. The van der Waals surface area contributed by atoms with E-state index >= 15 is 0 Å². The van der Waals surface area contributed by atoms with E-state index in [4.69, 9.17) is 0 Å². The average Bonchev–Trinajstić information content (AvgIpc) is 2.72. The Morgan fingerprint density at radius 3 is 2.58 bits per heavy atom. The summed E-state index contributed by atoms with van der Waals surface area (Å²) in [6.45, 7) is 0.296. The number of urea groups is 1. The molecule has 1 aliphatic carbocycles. The minimum atomic E-state index is -0.538. The summed E-state index contributed by atoms with van der Waals surface area (Å²) in [5.74, 6) is -0.247. The zero-order valence-electron chi connectivity index (χ0n) is 17.5. The molecule has 1 aliphatic rings. The average molecular weight is 425 g/mol. The largest absolute Gasteiger partial charge is 0.506 e. The minimum Gasteiger partial charge on any atom is -0.506 e. The molecule has 0 radical (unpaired) electrons. The Morgan fingerprint density at radius 2 is 1.90 bits per heavy atom. The van der Waals surface area contributed by atoms with E-state index in [1.807, 2.05) is 0 Å². The van der Waals surface area contributed by atoms with Gasteiger partial charge in [-0.2, -0.15) is 0 Å². The van der Waals surface area contributed by atoms with Crippen molar-refractivity contribution in [1.82, 2.24) is 5.32 Å². The number of nitrogens with zero attached hydrogens (tertiary/aromatic N) is 1. The number of aromatic hydroxyl groups is 1. The molecular formula is C23H27N3O5. The van der Waals surface area contributed by atoms with Crippen molar-refractivity contribution < 1.29 is 24.2 Å². The molecule has 3 rings (SSSR count). The van der Waals surface area contributed by atoms with Gasteiger partial charge < -0.3 is 25.4 Å². The molecule has 0 heterocycles. The lowest BCUT2D eigenvalue weighted by molar-refractivity contribution is -0.139. The number of amides is 3. The quantitative estimate of drug-likeness (QED) is 0.564. The highest BCUT2D eigenvalue weighted by Gasteiger charge is 2.26. The number of phenols is 1. The number of phenolic OH excluding ortho intramolecular Hbond substituents is 1. The Hall–Kier alpha value is -3.55. The number of ether oxygens (including phenoxy) is 1. The van der Waals surface area contributed by atoms with Gasteiger partial charge in [-0.05, 0) is 48.6 Å². The SMILES string of the molecule is COC(=O)Cc1cccc(NC(=O)NCC(=O)N(CC2CCC2)c2ccccc2O)c1. The predicted molar refractivity (Wildman–Crippen MR) is 117 cm³/mol. The fourth-order valence-corrected chi connectivity index (χ4v) is 3.38. The van der Waals surface area contributed by atoms with Crippen molar-refractivity contribution in [2.24, 2.45) is 5.92 Å². The summed E-state index contributed by atoms with van der Waals surface area (Å²) in [4.78, 5) is 38.1. The Bertz CT molecular complexity index is 942. The van der Waals surface area contributed by atoms with Crippen LogP contribution in [0.5, 0.6) is 5.75 Å². The Kier molecular flexibility index (Phi) is 7.48. The molecule has 0 spiro atoms. The zero-order chi connectivity index (χ0) is 22.2. The molecule has 3 N–H and O–H groups in total. The highest BCUT2D eigenvalue weighted by atomic mass is 16.5. The molecule has 31 heavy (non-hydrogen) atoms. The Labute approximate surface area is 181 Å². The summed E-state index contributed by atoms with van der Waals surface area (Å²) >= 11 is 0. The maximum absolute atomic E-state index is 12.9. The molecule has 3 amide bonds. The molecule has 0 bridgehead atoms. The third-order valence-corrected chi connectivity index (χ3v) is 5.30. The summed E-state index contributed by atoms with van der Waals surface area (Å²) in [5.41, 5.74) is 1.64. The lowest BCUT2D eigenvalue weighted by Crippen LogP contribution is -2.44. The van der Waals surface area contributed by atoms with Gasteiger partial charge in [0.05, 0.1) is 25.8 Å². The summed E-state index contributed by atoms with van der Waals surface area (Å²) in [6.07, 6.45) is 3.34. The van der Waals surface area contributed by atoms with Gasteiger partial charge in [0.2, 0.25) is 5.91 Å². The molecule has 0 atom stereocenters. The first-order valence-corrected chi connectivity index (χ1v) is 10.2. The van der Waals surface area contributed by atoms with Crippen LogP contribution in [0.25, 0.3) is 0 Å². The highest BCUT2D eigenvalue weighted by molar-refractivity contribution is 5.99. The predicted octanol–water partition coefficient (Wildman–Crippen LogP) is 3.06. The fourth-order valence-electron chi connectivity index (χ4n) is 3.38. The van der Waals surface area contributed by atoms with Crippen molar-refractivity contribution in [3.63, 3.8) is 0 Å². The summed E-state index contributed by atoms with van der Waals surface area (Å²) in [6, 6.07) is 13.0. The number of rotatable bonds is 8. The summed E-state index contributed by atoms with van der Waals surface area (Å²) < 4.78 is 4.65. The number of nitrogens with one attached hydrogen (secondary N) is 2. The second-order valence-corrected chi connectivity index (χ2v) is 7.55. The van der Waals surface area contributed by atoms with Crippen LogP contribution < -0.4 is 15.5 Å². The highest BCUT2D eigenvalue weighted by Crippen LogP contribution is 2.32. The lowest BCUT2D eigenvalue weighted by atomic mass is 9.85. The second kappa shape index (κ2) is 10.5. The fraction of sp³-hybridized carbons (Fsp3) is 0.348. The number of benzene rings is 2. The molecule has 0 unspecified atom stereocenters. The van der Waals surface area contributed by atoms with Gasteiger partial charge in [0, 0.05) is 12.2 Å². The topological polar surface area (TPSA) is 108 Å². The van der Waals surface area contributed by atoms with E-state index in [1.54, 1.807) is 42.5 Å². The number of carbonyl (C=O) groups is 3. The Morgan fingerprint density at radius 1 is 1.13 bits per heavy atom. The third kappa shape index (κ3) is 6.21. The normalized spacial score (nSPS) is 13.1. The number of esters is 1. The van der Waals surface area contributed by atoms with Gasteiger partial charge in [-0.3, -0.25) is 9.59 Å². The molecule has 1 saturated carbocycles. The van der Waals surface area contributed by atoms with E-state index < -0.39 is 6.03 Å². The van der Waals surface area contributed by atoms with E-state index in [0.717, 1.165) is 19.3 Å². The molecule has 0 aromatic heterocycles. The van der Waals surface area contributed by atoms with Crippen molar-refractivity contribution in [2.45, 2.75) is 25.7 Å². The van der Waals surface area contributed by atoms with Crippen LogP contribution in [0.15, 0.2) is 48.5 Å². The van der Waals surface area contributed by atoms with Gasteiger partial charge in [-0.1, -0.05) is 30.7 Å². The van der Waals surface area contributed by atoms with Crippen LogP contribution in [0.1, 0.15) is 24.8 Å². The van der Waals surface area contributed by atoms with Gasteiger partial charge in [-0.25, -0.2) is 4.79 Å². The van der Waals surface area contributed by atoms with E-state index in [2.05, 4.69) is 15.4 Å². The van der Waals surface area contributed by atoms with Crippen molar-refractivity contribution in [2.75, 3.05) is 30.4 Å². The minimum absolute atomic E-state index is 0.0297. The summed E-state index contributed by atoms with van der Waals surface area (Å²) in [7, 11) is 1.32. The van der Waals surface area contributed by atoms with Gasteiger partial charge in [-0.15, -0.1) is 0 Å². The molecule has 2 aromatic carbocycles. The molecule has 8 heteroatoms. The molecule has 1 fully saturated rings. The van der Waals surface area contributed by atoms with Crippen molar-refractivity contribution in [3.8, 4) is 5.75 Å². The second-order valence-electron chi connectivity index (χ2n) is 7.55. The Balaban J connectivity index is 1.59. The number of methoxy groups -OCH3 is 1. The van der Waals surface area contributed by atoms with Crippen molar-refractivity contribution in [3.05, 3.63) is 54.1 Å². The van der Waals surface area contributed by atoms with E-state index in [0.29, 0.717) is 29.4 Å². The molecule has 8 nitrogen and oxygen atoms in total. The number of para-hydroxylation sites is 2. The smallest absolute Gasteiger partial charge is 0.319 e. The van der Waals surface area contributed by atoms with Crippen molar-refractivity contribution >= 4 is 29.3 Å². The number of hydrogen-bond donors (Lipinski definition) is 3. The van der Waals surface area contributed by atoms with E-state index in [-0.39, 0.29) is 30.6 Å². The third-order valence-electron chi connectivity index (χ3n) is 5.30. The van der Waals surface area contributed by atoms with E-state index in [9.17, 15) is 19.5 Å². The zero-order valence-corrected chi connectivity index (χ0v) is 17.5. The summed E-state index contributed by atoms with van der Waals surface area (Å²) in [5, 5.41) is 15.4. The monoisotopic (exact) mass is 425 g/mol. The van der Waals surface area contributed by atoms with E-state index in [1.165, 1.54) is 18.1 Å². The molecule has 0 aliphatic heterocycles. The number of anilines is 2. The van der Waals surface area contributed by atoms with Gasteiger partial charge in [0.1, 0.15) is 5.75 Å². The van der Waals surface area contributed by atoms with Crippen molar-refractivity contribution in [1.29, 1.82) is 0 Å². The number of hydrogen-bond acceptors (Lipinski definition) is 5. The number of carbonyl (C=O) groups excluding carboxylic acids is 3. The standard InChI is InChI=1S/C23H27N3O5/c1-31-22(29)13-17-8-5-9-18(12-17)25-23(30)24-14-21(28)26(15-16-6-4-7-16)19-10-2-3-11-20(19)27/h2-3,5,8-12,16,27H,4,6-7,13-15H2,1H3,(H2,24,25,30). The molecule has 2 aromatic rings. The van der Waals surface area contributed by atoms with Crippen LogP contribution in [0.2, 0.25) is 0 Å². The van der Waals surface area contributed by atoms with Gasteiger partial charge in [0.25, 0.3) is 0 Å². The maximum atomic E-state index is 12.9. The molecule has 164 valence electrons. The van der Waals surface area contributed by atoms with Gasteiger partial charge in [0.15, 0.2) is 0 Å². The van der Waals surface area contributed by atoms with Crippen LogP contribution >= 0.6 is 0 Å². The molecule has 0 saturated heterocycles. The van der Waals surface area contributed by atoms with Crippen LogP contribution in [-0.2, 0) is 20.7 Å². The molecular weight excluding hydrogens is 398 g/mol. The van der Waals surface area contributed by atoms with Gasteiger partial charge >= 0.3 is 12.0 Å². The first-order chi connectivity index (χ1) is 15.0. The van der Waals surface area contributed by atoms with Crippen LogP contribution in [-0.4, -0.2) is 43.2 Å². The maximum Gasteiger partial charge on any atom is 0.319 e. The first kappa shape index (κ1) is 22.1. The first-order valence-electron chi connectivity index (χ1n) is 10.2.